The quantitative estimate of drug-likeness (QED) is 0.741. The molecule has 4 nitrogen and oxygen atoms in total. The highest BCUT2D eigenvalue weighted by atomic mass is 16.2. The maximum Gasteiger partial charge on any atom is 0.251 e. The second kappa shape index (κ2) is 9.40. The number of allylic oxidation sites excluding steroid dienone is 1. The molecule has 2 rings (SSSR count). The third-order valence-electron chi connectivity index (χ3n) is 4.65. The molecular weight excluding hydrogens is 312 g/mol. The molecule has 0 saturated heterocycles. The Morgan fingerprint density at radius 2 is 2.00 bits per heavy atom. The van der Waals surface area contributed by atoms with Gasteiger partial charge in [-0.2, -0.15) is 0 Å². The van der Waals surface area contributed by atoms with Gasteiger partial charge in [-0.3, -0.25) is 9.59 Å². The molecule has 2 amide bonds. The smallest absolute Gasteiger partial charge is 0.251 e. The number of rotatable bonds is 7. The van der Waals surface area contributed by atoms with E-state index in [4.69, 9.17) is 0 Å². The fraction of sp³-hybridized carbons (Fsp3) is 0.524. The van der Waals surface area contributed by atoms with Crippen molar-refractivity contribution in [3.63, 3.8) is 0 Å². The molecule has 0 bridgehead atoms. The van der Waals surface area contributed by atoms with Gasteiger partial charge in [0.05, 0.1) is 0 Å². The molecular formula is C21H30N2O2. The monoisotopic (exact) mass is 342 g/mol. The highest BCUT2D eigenvalue weighted by Gasteiger charge is 2.24. The molecule has 1 aromatic carbocycles. The van der Waals surface area contributed by atoms with Gasteiger partial charge in [0.15, 0.2) is 0 Å². The zero-order valence-corrected chi connectivity index (χ0v) is 15.6. The summed E-state index contributed by atoms with van der Waals surface area (Å²) in [5.41, 5.74) is 3.06. The Hall–Kier alpha value is -2.10. The molecule has 0 aromatic heterocycles. The minimum atomic E-state index is -0.520. The normalized spacial score (nSPS) is 15.4. The summed E-state index contributed by atoms with van der Waals surface area (Å²) in [6.07, 6.45) is 8.03. The Bertz CT molecular complexity index is 635. The SMILES string of the molecule is Cc1cccc(C(=O)NC(C(=O)NCCC2=CCCCC2)C(C)C)c1. The summed E-state index contributed by atoms with van der Waals surface area (Å²) in [6, 6.07) is 6.89. The van der Waals surface area contributed by atoms with Crippen LogP contribution in [0.15, 0.2) is 35.9 Å². The van der Waals surface area contributed by atoms with E-state index in [9.17, 15) is 9.59 Å². The van der Waals surface area contributed by atoms with E-state index in [1.807, 2.05) is 39.0 Å². The molecule has 0 radical (unpaired) electrons. The average Bonchev–Trinajstić information content (AvgIpc) is 2.60. The molecule has 0 saturated carbocycles. The van der Waals surface area contributed by atoms with Crippen LogP contribution in [0.5, 0.6) is 0 Å². The lowest BCUT2D eigenvalue weighted by atomic mass is 9.97. The second-order valence-electron chi connectivity index (χ2n) is 7.21. The van der Waals surface area contributed by atoms with Crippen LogP contribution < -0.4 is 10.6 Å². The summed E-state index contributed by atoms with van der Waals surface area (Å²) >= 11 is 0. The first-order valence-electron chi connectivity index (χ1n) is 9.30. The van der Waals surface area contributed by atoms with Gasteiger partial charge in [-0.05, 0) is 57.1 Å². The fourth-order valence-corrected chi connectivity index (χ4v) is 3.13. The van der Waals surface area contributed by atoms with Crippen molar-refractivity contribution >= 4 is 11.8 Å². The van der Waals surface area contributed by atoms with Crippen molar-refractivity contribution in [3.8, 4) is 0 Å². The number of aryl methyl sites for hydroxylation is 1. The van der Waals surface area contributed by atoms with E-state index in [0.717, 1.165) is 24.8 Å². The van der Waals surface area contributed by atoms with Crippen LogP contribution in [-0.4, -0.2) is 24.4 Å². The van der Waals surface area contributed by atoms with Gasteiger partial charge in [-0.25, -0.2) is 0 Å². The van der Waals surface area contributed by atoms with Crippen molar-refractivity contribution in [1.29, 1.82) is 0 Å². The van der Waals surface area contributed by atoms with Crippen molar-refractivity contribution in [3.05, 3.63) is 47.0 Å². The first-order valence-corrected chi connectivity index (χ1v) is 9.30. The molecule has 1 aliphatic carbocycles. The summed E-state index contributed by atoms with van der Waals surface area (Å²) in [5, 5.41) is 5.87. The fourth-order valence-electron chi connectivity index (χ4n) is 3.13. The third-order valence-corrected chi connectivity index (χ3v) is 4.65. The minimum absolute atomic E-state index is 0.0302. The predicted molar refractivity (Wildman–Crippen MR) is 101 cm³/mol. The van der Waals surface area contributed by atoms with E-state index in [1.54, 1.807) is 6.07 Å². The van der Waals surface area contributed by atoms with Crippen LogP contribution >= 0.6 is 0 Å². The number of nitrogens with one attached hydrogen (secondary N) is 2. The molecule has 4 heteroatoms. The molecule has 0 spiro atoms. The molecule has 1 aliphatic rings. The molecule has 0 aliphatic heterocycles. The van der Waals surface area contributed by atoms with E-state index in [-0.39, 0.29) is 17.7 Å². The Labute approximate surface area is 151 Å². The van der Waals surface area contributed by atoms with Crippen LogP contribution in [0.2, 0.25) is 0 Å². The van der Waals surface area contributed by atoms with E-state index in [0.29, 0.717) is 12.1 Å². The third kappa shape index (κ3) is 6.04. The Morgan fingerprint density at radius 1 is 1.20 bits per heavy atom. The standard InChI is InChI=1S/C21H30N2O2/c1-15(2)19(23-20(24)18-11-7-8-16(3)14-18)21(25)22-13-12-17-9-5-4-6-10-17/h7-9,11,14-15,19H,4-6,10,12-13H2,1-3H3,(H,22,25)(H,23,24). The van der Waals surface area contributed by atoms with Crippen LogP contribution in [0.3, 0.4) is 0 Å². The van der Waals surface area contributed by atoms with Crippen LogP contribution in [0.25, 0.3) is 0 Å². The first-order chi connectivity index (χ1) is 12.0. The average molecular weight is 342 g/mol. The van der Waals surface area contributed by atoms with Crippen molar-refractivity contribution in [2.24, 2.45) is 5.92 Å². The first kappa shape index (κ1) is 19.2. The molecule has 0 fully saturated rings. The lowest BCUT2D eigenvalue weighted by Crippen LogP contribution is -2.49. The Balaban J connectivity index is 1.89. The number of hydrogen-bond acceptors (Lipinski definition) is 2. The Morgan fingerprint density at radius 3 is 2.64 bits per heavy atom. The highest BCUT2D eigenvalue weighted by molar-refractivity contribution is 5.97. The van der Waals surface area contributed by atoms with Crippen molar-refractivity contribution < 1.29 is 9.59 Å². The maximum atomic E-state index is 12.5. The zero-order valence-electron chi connectivity index (χ0n) is 15.6. The molecule has 2 N–H and O–H groups in total. The largest absolute Gasteiger partial charge is 0.354 e. The van der Waals surface area contributed by atoms with Gasteiger partial charge >= 0.3 is 0 Å². The zero-order chi connectivity index (χ0) is 18.2. The van der Waals surface area contributed by atoms with Crippen molar-refractivity contribution in [2.75, 3.05) is 6.54 Å². The van der Waals surface area contributed by atoms with E-state index >= 15 is 0 Å². The molecule has 1 atom stereocenters. The lowest BCUT2D eigenvalue weighted by molar-refractivity contribution is -0.123. The number of amides is 2. The van der Waals surface area contributed by atoms with Crippen LogP contribution in [0.1, 0.15) is 61.9 Å². The lowest BCUT2D eigenvalue weighted by Gasteiger charge is -2.22. The number of carbonyl (C=O) groups is 2. The van der Waals surface area contributed by atoms with E-state index in [1.165, 1.54) is 18.4 Å². The summed E-state index contributed by atoms with van der Waals surface area (Å²) in [5.74, 6) is -0.275. The van der Waals surface area contributed by atoms with Crippen molar-refractivity contribution in [2.45, 2.75) is 58.9 Å². The van der Waals surface area contributed by atoms with Gasteiger partial charge in [-0.15, -0.1) is 0 Å². The van der Waals surface area contributed by atoms with Gasteiger partial charge in [0.2, 0.25) is 5.91 Å². The van der Waals surface area contributed by atoms with Gasteiger partial charge < -0.3 is 10.6 Å². The van der Waals surface area contributed by atoms with Crippen LogP contribution in [0.4, 0.5) is 0 Å². The molecule has 0 heterocycles. The minimum Gasteiger partial charge on any atom is -0.354 e. The topological polar surface area (TPSA) is 58.2 Å². The number of hydrogen-bond donors (Lipinski definition) is 2. The van der Waals surface area contributed by atoms with Crippen LogP contribution in [0, 0.1) is 12.8 Å². The molecule has 136 valence electrons. The Kier molecular flexibility index (Phi) is 7.23. The molecule has 1 aromatic rings. The van der Waals surface area contributed by atoms with Gasteiger partial charge in [0, 0.05) is 12.1 Å². The number of carbonyl (C=O) groups excluding carboxylic acids is 2. The van der Waals surface area contributed by atoms with Gasteiger partial charge in [0.25, 0.3) is 5.91 Å². The van der Waals surface area contributed by atoms with Gasteiger partial charge in [0.1, 0.15) is 6.04 Å². The predicted octanol–water partition coefficient (Wildman–Crippen LogP) is 3.76. The van der Waals surface area contributed by atoms with E-state index in [2.05, 4.69) is 16.7 Å². The van der Waals surface area contributed by atoms with Crippen molar-refractivity contribution in [1.82, 2.24) is 10.6 Å². The number of benzene rings is 1. The maximum absolute atomic E-state index is 12.5. The molecule has 1 unspecified atom stereocenters. The van der Waals surface area contributed by atoms with Crippen LogP contribution in [-0.2, 0) is 4.79 Å². The summed E-state index contributed by atoms with van der Waals surface area (Å²) in [4.78, 5) is 25.0. The van der Waals surface area contributed by atoms with Gasteiger partial charge in [-0.1, -0.05) is 43.2 Å². The van der Waals surface area contributed by atoms with E-state index < -0.39 is 6.04 Å². The highest BCUT2D eigenvalue weighted by Crippen LogP contribution is 2.19. The summed E-state index contributed by atoms with van der Waals surface area (Å²) < 4.78 is 0. The summed E-state index contributed by atoms with van der Waals surface area (Å²) in [6.45, 7) is 6.48. The second-order valence-corrected chi connectivity index (χ2v) is 7.21. The molecule has 25 heavy (non-hydrogen) atoms. The summed E-state index contributed by atoms with van der Waals surface area (Å²) in [7, 11) is 0.